The Morgan fingerprint density at radius 1 is 1.83 bits per heavy atom. The van der Waals surface area contributed by atoms with E-state index in [1.54, 1.807) is 13.0 Å². The Balaban J connectivity index is 2.74. The molecular weight excluding hydrogens is 157 g/mol. The summed E-state index contributed by atoms with van der Waals surface area (Å²) in [7, 11) is 0. The molecule has 2 atom stereocenters. The third-order valence-corrected chi connectivity index (χ3v) is 2.18. The lowest BCUT2D eigenvalue weighted by atomic mass is 10.0. The molecular formula is C9H14FNO. The van der Waals surface area contributed by atoms with E-state index in [9.17, 15) is 9.18 Å². The third-order valence-electron chi connectivity index (χ3n) is 2.18. The second-order valence-corrected chi connectivity index (χ2v) is 3.15. The van der Waals surface area contributed by atoms with Gasteiger partial charge in [0.05, 0.1) is 0 Å². The van der Waals surface area contributed by atoms with Crippen LogP contribution in [0.2, 0.25) is 0 Å². The van der Waals surface area contributed by atoms with E-state index in [-0.39, 0.29) is 12.5 Å². The SMILES string of the molecule is C/C=C/C1(F)C[C@H](CC)NC1=O. The van der Waals surface area contributed by atoms with Crippen LogP contribution >= 0.6 is 0 Å². The number of hydrogen-bond donors (Lipinski definition) is 1. The smallest absolute Gasteiger partial charge is 0.262 e. The standard InChI is InChI=1S/C9H14FNO/c1-3-5-9(10)6-7(4-2)11-8(9)12/h3,5,7H,4,6H2,1-2H3,(H,11,12)/b5-3+/t7-,9?/m0/s1. The molecule has 0 aromatic carbocycles. The maximum atomic E-state index is 13.6. The van der Waals surface area contributed by atoms with Crippen LogP contribution in [0.3, 0.4) is 0 Å². The van der Waals surface area contributed by atoms with Crippen LogP contribution in [0.15, 0.2) is 12.2 Å². The Kier molecular flexibility index (Phi) is 2.50. The lowest BCUT2D eigenvalue weighted by molar-refractivity contribution is -0.126. The van der Waals surface area contributed by atoms with Gasteiger partial charge in [-0.05, 0) is 19.4 Å². The molecule has 1 fully saturated rings. The normalized spacial score (nSPS) is 35.9. The second-order valence-electron chi connectivity index (χ2n) is 3.15. The van der Waals surface area contributed by atoms with Crippen molar-refractivity contribution in [2.75, 3.05) is 0 Å². The number of allylic oxidation sites excluding steroid dienone is 1. The number of hydrogen-bond acceptors (Lipinski definition) is 1. The number of amides is 1. The lowest BCUT2D eigenvalue weighted by Gasteiger charge is -2.09. The molecule has 1 N–H and O–H groups in total. The Bertz CT molecular complexity index is 215. The van der Waals surface area contributed by atoms with Crippen LogP contribution < -0.4 is 5.32 Å². The highest BCUT2D eigenvalue weighted by molar-refractivity contribution is 5.89. The molecule has 0 bridgehead atoms. The maximum Gasteiger partial charge on any atom is 0.262 e. The van der Waals surface area contributed by atoms with Gasteiger partial charge in [0.25, 0.3) is 5.91 Å². The quantitative estimate of drug-likeness (QED) is 0.628. The van der Waals surface area contributed by atoms with Gasteiger partial charge in [-0.15, -0.1) is 0 Å². The Morgan fingerprint density at radius 3 is 2.92 bits per heavy atom. The zero-order valence-corrected chi connectivity index (χ0v) is 7.43. The molecule has 0 aliphatic carbocycles. The van der Waals surface area contributed by atoms with E-state index in [0.29, 0.717) is 0 Å². The van der Waals surface area contributed by atoms with Crippen molar-refractivity contribution < 1.29 is 9.18 Å². The molecule has 0 aromatic rings. The predicted octanol–water partition coefficient (Wildman–Crippen LogP) is 1.57. The van der Waals surface area contributed by atoms with Crippen LogP contribution in [0.25, 0.3) is 0 Å². The Morgan fingerprint density at radius 2 is 2.50 bits per heavy atom. The first kappa shape index (κ1) is 9.23. The highest BCUT2D eigenvalue weighted by Crippen LogP contribution is 2.27. The average molecular weight is 171 g/mol. The number of carbonyl (C=O) groups is 1. The molecule has 0 aromatic heterocycles. The van der Waals surface area contributed by atoms with Crippen molar-refractivity contribution in [3.8, 4) is 0 Å². The number of rotatable bonds is 2. The van der Waals surface area contributed by atoms with Crippen LogP contribution in [0.1, 0.15) is 26.7 Å². The molecule has 0 saturated carbocycles. The number of carbonyl (C=O) groups excluding carboxylic acids is 1. The fourth-order valence-electron chi connectivity index (χ4n) is 1.46. The van der Waals surface area contributed by atoms with Crippen molar-refractivity contribution in [1.82, 2.24) is 5.32 Å². The molecule has 12 heavy (non-hydrogen) atoms. The summed E-state index contributed by atoms with van der Waals surface area (Å²) in [5.41, 5.74) is -1.75. The molecule has 3 heteroatoms. The van der Waals surface area contributed by atoms with E-state index in [2.05, 4.69) is 5.32 Å². The van der Waals surface area contributed by atoms with Gasteiger partial charge in [-0.3, -0.25) is 4.79 Å². The van der Waals surface area contributed by atoms with Crippen LogP contribution in [0.5, 0.6) is 0 Å². The van der Waals surface area contributed by atoms with E-state index < -0.39 is 11.6 Å². The van der Waals surface area contributed by atoms with Gasteiger partial charge in [-0.1, -0.05) is 13.0 Å². The highest BCUT2D eigenvalue weighted by Gasteiger charge is 2.44. The van der Waals surface area contributed by atoms with E-state index >= 15 is 0 Å². The van der Waals surface area contributed by atoms with Gasteiger partial charge in [-0.25, -0.2) is 4.39 Å². The molecule has 1 heterocycles. The second kappa shape index (κ2) is 3.25. The first-order valence-electron chi connectivity index (χ1n) is 4.26. The van der Waals surface area contributed by atoms with Gasteiger partial charge in [0.2, 0.25) is 5.67 Å². The van der Waals surface area contributed by atoms with Crippen LogP contribution in [0.4, 0.5) is 4.39 Å². The summed E-state index contributed by atoms with van der Waals surface area (Å²) in [6.45, 7) is 3.65. The van der Waals surface area contributed by atoms with E-state index in [1.807, 2.05) is 6.92 Å². The molecule has 1 aliphatic rings. The summed E-state index contributed by atoms with van der Waals surface area (Å²) in [5.74, 6) is -0.493. The van der Waals surface area contributed by atoms with Crippen molar-refractivity contribution in [2.45, 2.75) is 38.4 Å². The van der Waals surface area contributed by atoms with Crippen LogP contribution in [-0.4, -0.2) is 17.6 Å². The number of alkyl halides is 1. The summed E-state index contributed by atoms with van der Waals surface area (Å²) in [5, 5.41) is 2.61. The summed E-state index contributed by atoms with van der Waals surface area (Å²) in [6.07, 6.45) is 3.97. The fourth-order valence-corrected chi connectivity index (χ4v) is 1.46. The van der Waals surface area contributed by atoms with Gasteiger partial charge in [-0.2, -0.15) is 0 Å². The van der Waals surface area contributed by atoms with E-state index in [4.69, 9.17) is 0 Å². The first-order chi connectivity index (χ1) is 5.62. The first-order valence-corrected chi connectivity index (χ1v) is 4.26. The zero-order chi connectivity index (χ0) is 9.19. The summed E-state index contributed by atoms with van der Waals surface area (Å²) in [6, 6.07) is -0.00120. The Labute approximate surface area is 71.8 Å². The Hall–Kier alpha value is -0.860. The molecule has 1 aliphatic heterocycles. The predicted molar refractivity (Wildman–Crippen MR) is 45.5 cm³/mol. The number of halogens is 1. The van der Waals surface area contributed by atoms with Crippen LogP contribution in [0, 0.1) is 0 Å². The number of nitrogens with one attached hydrogen (secondary N) is 1. The van der Waals surface area contributed by atoms with Crippen molar-refractivity contribution in [2.24, 2.45) is 0 Å². The van der Waals surface area contributed by atoms with Crippen LogP contribution in [-0.2, 0) is 4.79 Å². The molecule has 1 rings (SSSR count). The molecule has 1 unspecified atom stereocenters. The van der Waals surface area contributed by atoms with E-state index in [1.165, 1.54) is 6.08 Å². The monoisotopic (exact) mass is 171 g/mol. The highest BCUT2D eigenvalue weighted by atomic mass is 19.1. The van der Waals surface area contributed by atoms with Gasteiger partial charge < -0.3 is 5.32 Å². The van der Waals surface area contributed by atoms with Crippen molar-refractivity contribution in [1.29, 1.82) is 0 Å². The molecule has 1 saturated heterocycles. The van der Waals surface area contributed by atoms with Crippen molar-refractivity contribution in [3.05, 3.63) is 12.2 Å². The molecule has 68 valence electrons. The minimum Gasteiger partial charge on any atom is -0.350 e. The van der Waals surface area contributed by atoms with Gasteiger partial charge >= 0.3 is 0 Å². The van der Waals surface area contributed by atoms with Crippen molar-refractivity contribution in [3.63, 3.8) is 0 Å². The summed E-state index contributed by atoms with van der Waals surface area (Å²) < 4.78 is 13.6. The lowest BCUT2D eigenvalue weighted by Crippen LogP contribution is -2.32. The minimum atomic E-state index is -1.75. The molecule has 0 radical (unpaired) electrons. The topological polar surface area (TPSA) is 29.1 Å². The average Bonchev–Trinajstić information content (AvgIpc) is 2.29. The van der Waals surface area contributed by atoms with Gasteiger partial charge in [0, 0.05) is 12.5 Å². The maximum absolute atomic E-state index is 13.6. The van der Waals surface area contributed by atoms with Gasteiger partial charge in [0.1, 0.15) is 0 Å². The zero-order valence-electron chi connectivity index (χ0n) is 7.43. The van der Waals surface area contributed by atoms with Crippen molar-refractivity contribution >= 4 is 5.91 Å². The third kappa shape index (κ3) is 1.49. The largest absolute Gasteiger partial charge is 0.350 e. The van der Waals surface area contributed by atoms with Gasteiger partial charge in [0.15, 0.2) is 0 Å². The molecule has 1 amide bonds. The molecule has 2 nitrogen and oxygen atoms in total. The fraction of sp³-hybridized carbons (Fsp3) is 0.667. The summed E-state index contributed by atoms with van der Waals surface area (Å²) in [4.78, 5) is 11.1. The minimum absolute atomic E-state index is 0.00120. The summed E-state index contributed by atoms with van der Waals surface area (Å²) >= 11 is 0. The molecule has 0 spiro atoms. The van der Waals surface area contributed by atoms with E-state index in [0.717, 1.165) is 6.42 Å².